The van der Waals surface area contributed by atoms with Crippen LogP contribution in [0.4, 0.5) is 9.52 Å². The van der Waals surface area contributed by atoms with Crippen molar-refractivity contribution in [1.29, 1.82) is 0 Å². The molecule has 0 aliphatic rings. The van der Waals surface area contributed by atoms with Crippen molar-refractivity contribution in [3.05, 3.63) is 35.5 Å². The molecule has 0 fully saturated rings. The van der Waals surface area contributed by atoms with Gasteiger partial charge < -0.3 is 10.4 Å². The number of halogens is 1. The molecular weight excluding hydrogens is 275 g/mol. The van der Waals surface area contributed by atoms with E-state index in [1.165, 1.54) is 23.5 Å². The predicted octanol–water partition coefficient (Wildman–Crippen LogP) is 3.91. The van der Waals surface area contributed by atoms with E-state index in [2.05, 4.69) is 10.3 Å². The topological polar surface area (TPSA) is 45.1 Å². The summed E-state index contributed by atoms with van der Waals surface area (Å²) in [5.41, 5.74) is 1.01. The summed E-state index contributed by atoms with van der Waals surface area (Å²) in [6, 6.07) is 6.27. The van der Waals surface area contributed by atoms with Crippen molar-refractivity contribution in [2.24, 2.45) is 0 Å². The largest absolute Gasteiger partial charge is 0.388 e. The first-order valence-corrected chi connectivity index (χ1v) is 7.62. The number of rotatable bonds is 6. The second kappa shape index (κ2) is 6.33. The molecular formula is C15H19FN2OS. The van der Waals surface area contributed by atoms with Gasteiger partial charge >= 0.3 is 0 Å². The van der Waals surface area contributed by atoms with E-state index in [4.69, 9.17) is 0 Å². The van der Waals surface area contributed by atoms with E-state index in [0.717, 1.165) is 16.4 Å². The van der Waals surface area contributed by atoms with E-state index in [1.807, 2.05) is 19.2 Å². The summed E-state index contributed by atoms with van der Waals surface area (Å²) in [5, 5.41) is 16.1. The van der Waals surface area contributed by atoms with Gasteiger partial charge in [-0.3, -0.25) is 0 Å². The van der Waals surface area contributed by atoms with Crippen LogP contribution in [-0.2, 0) is 0 Å². The summed E-state index contributed by atoms with van der Waals surface area (Å²) < 4.78 is 12.9. The number of thiazole rings is 1. The van der Waals surface area contributed by atoms with Gasteiger partial charge in [0.1, 0.15) is 5.82 Å². The lowest BCUT2D eigenvalue weighted by Crippen LogP contribution is -2.35. The molecule has 0 atom stereocenters. The van der Waals surface area contributed by atoms with Gasteiger partial charge in [-0.1, -0.05) is 13.8 Å². The van der Waals surface area contributed by atoms with Crippen LogP contribution in [0.15, 0.2) is 29.6 Å². The molecule has 3 nitrogen and oxygen atoms in total. The van der Waals surface area contributed by atoms with Crippen LogP contribution < -0.4 is 5.32 Å². The fourth-order valence-corrected chi connectivity index (χ4v) is 2.57. The summed E-state index contributed by atoms with van der Waals surface area (Å²) in [6.45, 7) is 4.42. The van der Waals surface area contributed by atoms with Gasteiger partial charge in [0.05, 0.1) is 11.3 Å². The first-order valence-electron chi connectivity index (χ1n) is 6.74. The van der Waals surface area contributed by atoms with E-state index in [9.17, 15) is 9.50 Å². The molecule has 1 aromatic carbocycles. The Morgan fingerprint density at radius 3 is 2.50 bits per heavy atom. The van der Waals surface area contributed by atoms with Crippen molar-refractivity contribution in [1.82, 2.24) is 4.98 Å². The molecule has 0 aliphatic carbocycles. The Hall–Kier alpha value is -1.46. The Morgan fingerprint density at radius 1 is 1.25 bits per heavy atom. The van der Waals surface area contributed by atoms with E-state index >= 15 is 0 Å². The fraction of sp³-hybridized carbons (Fsp3) is 0.400. The van der Waals surface area contributed by atoms with Crippen molar-refractivity contribution in [2.75, 3.05) is 11.9 Å². The minimum atomic E-state index is -0.693. The van der Waals surface area contributed by atoms with Gasteiger partial charge in [-0.15, -0.1) is 11.3 Å². The van der Waals surface area contributed by atoms with Gasteiger partial charge in [0.2, 0.25) is 0 Å². The molecule has 1 aromatic heterocycles. The number of nitrogens with zero attached hydrogens (tertiary/aromatic N) is 1. The van der Waals surface area contributed by atoms with Crippen LogP contribution in [0.25, 0.3) is 11.3 Å². The van der Waals surface area contributed by atoms with Crippen LogP contribution in [0.3, 0.4) is 0 Å². The molecule has 0 radical (unpaired) electrons. The number of aromatic nitrogens is 1. The molecule has 0 amide bonds. The lowest BCUT2D eigenvalue weighted by atomic mass is 9.98. The van der Waals surface area contributed by atoms with Crippen molar-refractivity contribution in [3.63, 3.8) is 0 Å². The number of hydrogen-bond donors (Lipinski definition) is 2. The highest BCUT2D eigenvalue weighted by atomic mass is 32.1. The molecule has 0 unspecified atom stereocenters. The first-order chi connectivity index (χ1) is 9.56. The zero-order valence-corrected chi connectivity index (χ0v) is 12.5. The second-order valence-electron chi connectivity index (χ2n) is 4.83. The molecule has 0 spiro atoms. The molecule has 2 rings (SSSR count). The molecule has 0 saturated heterocycles. The average molecular weight is 294 g/mol. The summed E-state index contributed by atoms with van der Waals surface area (Å²) in [7, 11) is 0. The van der Waals surface area contributed by atoms with Crippen LogP contribution in [0.1, 0.15) is 26.7 Å². The molecule has 20 heavy (non-hydrogen) atoms. The predicted molar refractivity (Wildman–Crippen MR) is 81.5 cm³/mol. The van der Waals surface area contributed by atoms with Gasteiger partial charge in [0.15, 0.2) is 5.13 Å². The van der Waals surface area contributed by atoms with Gasteiger partial charge in [0, 0.05) is 17.5 Å². The molecule has 108 valence electrons. The van der Waals surface area contributed by atoms with Gasteiger partial charge in [-0.25, -0.2) is 9.37 Å². The number of benzene rings is 1. The molecule has 0 bridgehead atoms. The van der Waals surface area contributed by atoms with Crippen LogP contribution in [-0.4, -0.2) is 22.2 Å². The number of anilines is 1. The Bertz CT molecular complexity index is 549. The molecule has 5 heteroatoms. The van der Waals surface area contributed by atoms with Gasteiger partial charge in [-0.2, -0.15) is 0 Å². The highest BCUT2D eigenvalue weighted by Gasteiger charge is 2.22. The lowest BCUT2D eigenvalue weighted by Gasteiger charge is -2.25. The van der Waals surface area contributed by atoms with Crippen molar-refractivity contribution in [2.45, 2.75) is 32.3 Å². The van der Waals surface area contributed by atoms with Gasteiger partial charge in [-0.05, 0) is 37.1 Å². The maximum Gasteiger partial charge on any atom is 0.183 e. The maximum atomic E-state index is 12.9. The molecule has 2 aromatic rings. The number of aliphatic hydroxyl groups is 1. The second-order valence-corrected chi connectivity index (χ2v) is 5.69. The van der Waals surface area contributed by atoms with E-state index in [0.29, 0.717) is 19.4 Å². The Balaban J connectivity index is 2.04. The van der Waals surface area contributed by atoms with Crippen LogP contribution in [0.5, 0.6) is 0 Å². The SMILES string of the molecule is CCC(O)(CC)CNc1nc(-c2ccc(F)cc2)cs1. The third kappa shape index (κ3) is 3.55. The maximum absolute atomic E-state index is 12.9. The summed E-state index contributed by atoms with van der Waals surface area (Å²) >= 11 is 1.48. The molecule has 2 N–H and O–H groups in total. The smallest absolute Gasteiger partial charge is 0.183 e. The van der Waals surface area contributed by atoms with E-state index in [1.54, 1.807) is 12.1 Å². The normalized spacial score (nSPS) is 11.6. The summed E-state index contributed by atoms with van der Waals surface area (Å²) in [5.74, 6) is -0.252. The third-order valence-electron chi connectivity index (χ3n) is 3.53. The Kier molecular flexibility index (Phi) is 4.73. The minimum absolute atomic E-state index is 0.252. The van der Waals surface area contributed by atoms with Crippen molar-refractivity contribution in [3.8, 4) is 11.3 Å². The zero-order valence-electron chi connectivity index (χ0n) is 11.7. The number of nitrogens with one attached hydrogen (secondary N) is 1. The molecule has 0 aliphatic heterocycles. The summed E-state index contributed by atoms with van der Waals surface area (Å²) in [4.78, 5) is 4.46. The average Bonchev–Trinajstić information content (AvgIpc) is 2.94. The monoisotopic (exact) mass is 294 g/mol. The quantitative estimate of drug-likeness (QED) is 0.849. The standard InChI is InChI=1S/C15H19FN2OS/c1-3-15(19,4-2)10-17-14-18-13(9-20-14)11-5-7-12(16)8-6-11/h5-9,19H,3-4,10H2,1-2H3,(H,17,18). The van der Waals surface area contributed by atoms with Crippen LogP contribution >= 0.6 is 11.3 Å². The number of hydrogen-bond acceptors (Lipinski definition) is 4. The van der Waals surface area contributed by atoms with Crippen molar-refractivity contribution < 1.29 is 9.50 Å². The zero-order chi connectivity index (χ0) is 14.6. The fourth-order valence-electron chi connectivity index (χ4n) is 1.85. The first kappa shape index (κ1) is 14.9. The van der Waals surface area contributed by atoms with Crippen molar-refractivity contribution >= 4 is 16.5 Å². The third-order valence-corrected chi connectivity index (χ3v) is 4.33. The minimum Gasteiger partial charge on any atom is -0.388 e. The highest BCUT2D eigenvalue weighted by molar-refractivity contribution is 7.14. The van der Waals surface area contributed by atoms with Gasteiger partial charge in [0.25, 0.3) is 0 Å². The highest BCUT2D eigenvalue weighted by Crippen LogP contribution is 2.26. The Labute approximate surface area is 122 Å². The Morgan fingerprint density at radius 2 is 1.90 bits per heavy atom. The van der Waals surface area contributed by atoms with Crippen LogP contribution in [0.2, 0.25) is 0 Å². The van der Waals surface area contributed by atoms with E-state index in [-0.39, 0.29) is 5.82 Å². The van der Waals surface area contributed by atoms with Crippen LogP contribution in [0, 0.1) is 5.82 Å². The molecule has 1 heterocycles. The van der Waals surface area contributed by atoms with E-state index < -0.39 is 5.60 Å². The lowest BCUT2D eigenvalue weighted by molar-refractivity contribution is 0.0457. The molecule has 0 saturated carbocycles. The summed E-state index contributed by atoms with van der Waals surface area (Å²) in [6.07, 6.45) is 1.40.